The fourth-order valence-corrected chi connectivity index (χ4v) is 2.41. The van der Waals surface area contributed by atoms with Crippen molar-refractivity contribution in [1.29, 1.82) is 0 Å². The molecule has 1 aliphatic rings. The van der Waals surface area contributed by atoms with E-state index in [4.69, 9.17) is 22.1 Å². The SMILES string of the molecule is Nc1cnn([C@@H]2O[C@H](CO)C(CO)C2(O)C#CCl)c(=O)n1. The van der Waals surface area contributed by atoms with Crippen molar-refractivity contribution in [3.05, 3.63) is 16.7 Å². The summed E-state index contributed by atoms with van der Waals surface area (Å²) in [6.07, 6.45) is -1.24. The van der Waals surface area contributed by atoms with Gasteiger partial charge in [0.1, 0.15) is 5.82 Å². The van der Waals surface area contributed by atoms with Crippen molar-refractivity contribution in [2.45, 2.75) is 17.9 Å². The fraction of sp³-hybridized carbons (Fsp3) is 0.545. The zero-order valence-electron chi connectivity index (χ0n) is 10.7. The molecular formula is C11H13ClN4O5. The van der Waals surface area contributed by atoms with Gasteiger partial charge < -0.3 is 25.8 Å². The lowest BCUT2D eigenvalue weighted by Crippen LogP contribution is -2.46. The quantitative estimate of drug-likeness (QED) is 0.454. The lowest BCUT2D eigenvalue weighted by Gasteiger charge is -2.27. The number of ether oxygens (including phenoxy) is 1. The molecule has 2 unspecified atom stereocenters. The predicted molar refractivity (Wildman–Crippen MR) is 70.9 cm³/mol. The molecule has 0 aliphatic carbocycles. The number of hydrogen-bond donors (Lipinski definition) is 4. The predicted octanol–water partition coefficient (Wildman–Crippen LogP) is -2.35. The third kappa shape index (κ3) is 2.59. The summed E-state index contributed by atoms with van der Waals surface area (Å²) in [6, 6.07) is 0. The number of anilines is 1. The second-order valence-electron chi connectivity index (χ2n) is 4.45. The van der Waals surface area contributed by atoms with E-state index < -0.39 is 42.8 Å². The van der Waals surface area contributed by atoms with Crippen molar-refractivity contribution in [2.75, 3.05) is 18.9 Å². The van der Waals surface area contributed by atoms with Gasteiger partial charge in [0.15, 0.2) is 11.8 Å². The van der Waals surface area contributed by atoms with E-state index in [1.807, 2.05) is 5.38 Å². The summed E-state index contributed by atoms with van der Waals surface area (Å²) in [4.78, 5) is 15.3. The van der Waals surface area contributed by atoms with Gasteiger partial charge in [-0.1, -0.05) is 0 Å². The molecule has 0 aromatic carbocycles. The first-order valence-corrected chi connectivity index (χ1v) is 6.29. The second kappa shape index (κ2) is 5.97. The van der Waals surface area contributed by atoms with Crippen molar-refractivity contribution in [3.8, 4) is 11.3 Å². The summed E-state index contributed by atoms with van der Waals surface area (Å²) in [5.74, 6) is 1.21. The average molecular weight is 317 g/mol. The van der Waals surface area contributed by atoms with Gasteiger partial charge in [0.2, 0.25) is 0 Å². The van der Waals surface area contributed by atoms with E-state index in [9.17, 15) is 20.1 Å². The Morgan fingerprint density at radius 1 is 1.52 bits per heavy atom. The van der Waals surface area contributed by atoms with Crippen LogP contribution in [0.15, 0.2) is 11.0 Å². The normalized spacial score (nSPS) is 31.7. The van der Waals surface area contributed by atoms with Crippen molar-refractivity contribution in [2.24, 2.45) is 5.92 Å². The zero-order valence-corrected chi connectivity index (χ0v) is 11.4. The number of aliphatic hydroxyl groups is 3. The third-order valence-corrected chi connectivity index (χ3v) is 3.37. The first kappa shape index (κ1) is 15.7. The molecule has 5 N–H and O–H groups in total. The van der Waals surface area contributed by atoms with E-state index in [1.54, 1.807) is 0 Å². The maximum atomic E-state index is 11.8. The summed E-state index contributed by atoms with van der Waals surface area (Å²) in [6.45, 7) is -1.04. The molecule has 2 heterocycles. The highest BCUT2D eigenvalue weighted by atomic mass is 35.5. The van der Waals surface area contributed by atoms with E-state index in [-0.39, 0.29) is 5.82 Å². The highest BCUT2D eigenvalue weighted by Crippen LogP contribution is 2.41. The maximum absolute atomic E-state index is 11.8. The van der Waals surface area contributed by atoms with Crippen LogP contribution in [0.25, 0.3) is 0 Å². The lowest BCUT2D eigenvalue weighted by atomic mass is 9.86. The molecule has 1 aromatic heterocycles. The number of nitrogens with two attached hydrogens (primary N) is 1. The molecule has 0 radical (unpaired) electrons. The van der Waals surface area contributed by atoms with Gasteiger partial charge in [0, 0.05) is 5.38 Å². The monoisotopic (exact) mass is 316 g/mol. The molecule has 0 bridgehead atoms. The molecule has 1 aliphatic heterocycles. The van der Waals surface area contributed by atoms with E-state index in [1.165, 1.54) is 0 Å². The Kier molecular flexibility index (Phi) is 4.46. The van der Waals surface area contributed by atoms with Crippen LogP contribution < -0.4 is 11.4 Å². The molecule has 0 amide bonds. The zero-order chi connectivity index (χ0) is 15.6. The standard InChI is InChI=1S/C11H13ClN4O5/c12-2-1-11(20)6(4-17)7(5-18)21-9(11)16-10(19)15-8(13)3-14-16/h3,6-7,9,17-18,20H,4-5H2,(H2,13,15,19)/t6?,7-,9-,11?/m1/s1. The highest BCUT2D eigenvalue weighted by molar-refractivity contribution is 6.30. The van der Waals surface area contributed by atoms with Crippen molar-refractivity contribution < 1.29 is 20.1 Å². The Bertz CT molecular complexity index is 641. The Labute approximate surface area is 123 Å². The molecule has 2 rings (SSSR count). The minimum atomic E-state index is -2.02. The smallest absolute Gasteiger partial charge is 0.368 e. The number of aliphatic hydroxyl groups excluding tert-OH is 2. The molecule has 0 spiro atoms. The largest absolute Gasteiger partial charge is 0.396 e. The topological polar surface area (TPSA) is 144 Å². The van der Waals surface area contributed by atoms with Crippen LogP contribution in [0.2, 0.25) is 0 Å². The van der Waals surface area contributed by atoms with Crippen LogP contribution in [0.3, 0.4) is 0 Å². The Hall–Kier alpha value is -1.70. The summed E-state index contributed by atoms with van der Waals surface area (Å²) >= 11 is 5.34. The van der Waals surface area contributed by atoms with Crippen LogP contribution in [0.4, 0.5) is 5.82 Å². The molecule has 21 heavy (non-hydrogen) atoms. The van der Waals surface area contributed by atoms with Crippen LogP contribution >= 0.6 is 11.6 Å². The molecule has 4 atom stereocenters. The van der Waals surface area contributed by atoms with E-state index >= 15 is 0 Å². The van der Waals surface area contributed by atoms with E-state index in [2.05, 4.69) is 16.0 Å². The van der Waals surface area contributed by atoms with Gasteiger partial charge in [-0.05, 0) is 17.5 Å². The van der Waals surface area contributed by atoms with E-state index in [0.717, 1.165) is 10.9 Å². The number of halogens is 1. The van der Waals surface area contributed by atoms with Gasteiger partial charge in [-0.2, -0.15) is 14.8 Å². The summed E-state index contributed by atoms with van der Waals surface area (Å²) in [5, 5.41) is 35.1. The van der Waals surface area contributed by atoms with Crippen LogP contribution in [-0.4, -0.2) is 55.0 Å². The summed E-state index contributed by atoms with van der Waals surface area (Å²) in [5.41, 5.74) is 2.45. The summed E-state index contributed by atoms with van der Waals surface area (Å²) in [7, 11) is 0. The Morgan fingerprint density at radius 3 is 2.76 bits per heavy atom. The van der Waals surface area contributed by atoms with E-state index in [0.29, 0.717) is 0 Å². The first-order valence-electron chi connectivity index (χ1n) is 5.91. The highest BCUT2D eigenvalue weighted by Gasteiger charge is 2.56. The number of hydrogen-bond acceptors (Lipinski definition) is 8. The van der Waals surface area contributed by atoms with Gasteiger partial charge in [0.25, 0.3) is 0 Å². The van der Waals surface area contributed by atoms with Gasteiger partial charge in [0.05, 0.1) is 31.4 Å². The molecule has 1 fully saturated rings. The van der Waals surface area contributed by atoms with Crippen LogP contribution in [0, 0.1) is 17.2 Å². The molecule has 0 saturated carbocycles. The first-order chi connectivity index (χ1) is 9.97. The van der Waals surface area contributed by atoms with Crippen LogP contribution in [0.5, 0.6) is 0 Å². The molecular weight excluding hydrogens is 304 g/mol. The number of aromatic nitrogens is 3. The maximum Gasteiger partial charge on any atom is 0.368 e. The minimum absolute atomic E-state index is 0.0985. The van der Waals surface area contributed by atoms with Crippen LogP contribution in [0.1, 0.15) is 6.23 Å². The Balaban J connectivity index is 2.54. The van der Waals surface area contributed by atoms with Crippen molar-refractivity contribution >= 4 is 17.4 Å². The molecule has 1 saturated heterocycles. The van der Waals surface area contributed by atoms with Gasteiger partial charge >= 0.3 is 5.69 Å². The van der Waals surface area contributed by atoms with Gasteiger partial charge in [-0.3, -0.25) is 0 Å². The average Bonchev–Trinajstić information content (AvgIpc) is 2.71. The number of rotatable bonds is 3. The number of nitrogen functional groups attached to an aromatic ring is 1. The number of nitrogens with zero attached hydrogens (tertiary/aromatic N) is 3. The molecule has 114 valence electrons. The molecule has 9 nitrogen and oxygen atoms in total. The minimum Gasteiger partial charge on any atom is -0.396 e. The molecule has 10 heteroatoms. The second-order valence-corrected chi connectivity index (χ2v) is 4.64. The van der Waals surface area contributed by atoms with Crippen molar-refractivity contribution in [1.82, 2.24) is 14.8 Å². The fourth-order valence-electron chi connectivity index (χ4n) is 2.25. The van der Waals surface area contributed by atoms with Crippen molar-refractivity contribution in [3.63, 3.8) is 0 Å². The van der Waals surface area contributed by atoms with Crippen LogP contribution in [-0.2, 0) is 4.74 Å². The van der Waals surface area contributed by atoms with Gasteiger partial charge in [-0.25, -0.2) is 4.79 Å². The van der Waals surface area contributed by atoms with Gasteiger partial charge in [-0.15, -0.1) is 0 Å². The lowest BCUT2D eigenvalue weighted by molar-refractivity contribution is -0.0823. The summed E-state index contributed by atoms with van der Waals surface area (Å²) < 4.78 is 6.12. The molecule has 1 aromatic rings. The Morgan fingerprint density at radius 2 is 2.24 bits per heavy atom. The third-order valence-electron chi connectivity index (χ3n) is 3.28.